The van der Waals surface area contributed by atoms with Crippen LogP contribution < -0.4 is 5.73 Å². The molecule has 0 aromatic rings. The van der Waals surface area contributed by atoms with E-state index in [4.69, 9.17) is 10.3 Å². The minimum Gasteiger partial charge on any atom is -0.318 e. The third kappa shape index (κ3) is 1.19. The summed E-state index contributed by atoms with van der Waals surface area (Å²) in [5.74, 6) is -0.746. The SMILES string of the molecule is CC[C@@H]1[C@@H](N)C(=O)N1S(=O)(=O)O. The van der Waals surface area contributed by atoms with Crippen LogP contribution in [0.3, 0.4) is 0 Å². The molecule has 0 bridgehead atoms. The Kier molecular flexibility index (Phi) is 2.11. The Balaban J connectivity index is 2.88. The quantitative estimate of drug-likeness (QED) is 0.422. The molecule has 1 aliphatic heterocycles. The third-order valence-corrected chi connectivity index (χ3v) is 2.83. The molecule has 0 aromatic carbocycles. The van der Waals surface area contributed by atoms with Crippen molar-refractivity contribution in [2.75, 3.05) is 0 Å². The van der Waals surface area contributed by atoms with Crippen molar-refractivity contribution in [3.63, 3.8) is 0 Å². The third-order valence-electron chi connectivity index (χ3n) is 1.88. The van der Waals surface area contributed by atoms with Crippen molar-refractivity contribution in [3.05, 3.63) is 0 Å². The van der Waals surface area contributed by atoms with Crippen molar-refractivity contribution < 1.29 is 17.8 Å². The molecule has 7 heteroatoms. The molecule has 1 fully saturated rings. The fraction of sp³-hybridized carbons (Fsp3) is 0.800. The Hall–Kier alpha value is -0.660. The number of rotatable bonds is 2. The molecule has 0 unspecified atom stereocenters. The van der Waals surface area contributed by atoms with Gasteiger partial charge in [-0.15, -0.1) is 0 Å². The molecule has 3 N–H and O–H groups in total. The zero-order valence-corrected chi connectivity index (χ0v) is 7.28. The minimum atomic E-state index is -4.41. The molecule has 70 valence electrons. The molecule has 0 aliphatic carbocycles. The van der Waals surface area contributed by atoms with Gasteiger partial charge in [-0.3, -0.25) is 9.35 Å². The summed E-state index contributed by atoms with van der Waals surface area (Å²) >= 11 is 0. The van der Waals surface area contributed by atoms with Gasteiger partial charge in [0.2, 0.25) is 0 Å². The Morgan fingerprint density at radius 1 is 1.67 bits per heavy atom. The number of hydrogen-bond donors (Lipinski definition) is 2. The van der Waals surface area contributed by atoms with Crippen LogP contribution in [0.2, 0.25) is 0 Å². The number of carbonyl (C=O) groups excluding carboxylic acids is 1. The standard InChI is InChI=1S/C5H10N2O4S/c1-2-3-4(6)5(8)7(3)12(9,10)11/h3-4H,2,6H2,1H3,(H,9,10,11)/t3-,4-/m1/s1. The van der Waals surface area contributed by atoms with Crippen LogP contribution in [-0.2, 0) is 15.1 Å². The second kappa shape index (κ2) is 2.68. The lowest BCUT2D eigenvalue weighted by molar-refractivity contribution is -0.140. The highest BCUT2D eigenvalue weighted by Gasteiger charge is 2.49. The molecule has 6 nitrogen and oxygen atoms in total. The Labute approximate surface area is 70.2 Å². The monoisotopic (exact) mass is 194 g/mol. The minimum absolute atomic E-state index is 0.409. The van der Waals surface area contributed by atoms with Gasteiger partial charge >= 0.3 is 10.3 Å². The highest BCUT2D eigenvalue weighted by Crippen LogP contribution is 2.23. The van der Waals surface area contributed by atoms with E-state index in [2.05, 4.69) is 0 Å². The Bertz CT molecular complexity index is 299. The molecular weight excluding hydrogens is 184 g/mol. The average Bonchev–Trinajstić information content (AvgIpc) is 1.95. The molecule has 1 heterocycles. The number of nitrogens with two attached hydrogens (primary N) is 1. The Morgan fingerprint density at radius 3 is 2.42 bits per heavy atom. The zero-order valence-electron chi connectivity index (χ0n) is 6.47. The van der Waals surface area contributed by atoms with Gasteiger partial charge in [-0.25, -0.2) is 4.31 Å². The van der Waals surface area contributed by atoms with Crippen LogP contribution in [0.25, 0.3) is 0 Å². The van der Waals surface area contributed by atoms with E-state index < -0.39 is 28.3 Å². The molecule has 0 saturated carbocycles. The molecule has 0 spiro atoms. The maximum Gasteiger partial charge on any atom is 0.362 e. The summed E-state index contributed by atoms with van der Waals surface area (Å²) < 4.78 is 30.1. The first-order valence-electron chi connectivity index (χ1n) is 3.46. The summed E-state index contributed by atoms with van der Waals surface area (Å²) in [6, 6.07) is -1.38. The van der Waals surface area contributed by atoms with E-state index in [0.29, 0.717) is 10.7 Å². The van der Waals surface area contributed by atoms with Crippen molar-refractivity contribution in [2.24, 2.45) is 5.73 Å². The lowest BCUT2D eigenvalue weighted by Gasteiger charge is -2.41. The number of nitrogens with zero attached hydrogens (tertiary/aromatic N) is 1. The highest BCUT2D eigenvalue weighted by molar-refractivity contribution is 7.84. The van der Waals surface area contributed by atoms with Gasteiger partial charge < -0.3 is 5.73 Å². The van der Waals surface area contributed by atoms with Crippen LogP contribution >= 0.6 is 0 Å². The molecule has 1 amide bonds. The predicted octanol–water partition coefficient (Wildman–Crippen LogP) is -1.26. The van der Waals surface area contributed by atoms with Gasteiger partial charge in [-0.2, -0.15) is 8.42 Å². The normalized spacial score (nSPS) is 30.2. The molecule has 2 atom stereocenters. The van der Waals surface area contributed by atoms with Gasteiger partial charge in [0.25, 0.3) is 5.91 Å². The summed E-state index contributed by atoms with van der Waals surface area (Å²) in [6.45, 7) is 1.69. The maximum atomic E-state index is 10.8. The smallest absolute Gasteiger partial charge is 0.318 e. The van der Waals surface area contributed by atoms with Gasteiger partial charge in [-0.1, -0.05) is 6.92 Å². The molecule has 0 radical (unpaired) electrons. The molecule has 1 aliphatic rings. The Morgan fingerprint density at radius 2 is 2.17 bits per heavy atom. The number of carbonyl (C=O) groups is 1. The number of hydrogen-bond acceptors (Lipinski definition) is 4. The van der Waals surface area contributed by atoms with Crippen LogP contribution in [0.5, 0.6) is 0 Å². The summed E-state index contributed by atoms with van der Waals surface area (Å²) in [5.41, 5.74) is 5.30. The fourth-order valence-electron chi connectivity index (χ4n) is 1.24. The van der Waals surface area contributed by atoms with Crippen LogP contribution in [0.15, 0.2) is 0 Å². The van der Waals surface area contributed by atoms with Crippen molar-refractivity contribution in [1.82, 2.24) is 4.31 Å². The summed E-state index contributed by atoms with van der Waals surface area (Å²) in [6.07, 6.45) is 0.409. The van der Waals surface area contributed by atoms with Crippen LogP contribution in [0.1, 0.15) is 13.3 Å². The van der Waals surface area contributed by atoms with E-state index in [1.807, 2.05) is 0 Å². The maximum absolute atomic E-state index is 10.8. The van der Waals surface area contributed by atoms with Gasteiger partial charge in [0.1, 0.15) is 6.04 Å². The second-order valence-corrected chi connectivity index (χ2v) is 3.90. The lowest BCUT2D eigenvalue weighted by atomic mass is 9.98. The van der Waals surface area contributed by atoms with Crippen molar-refractivity contribution >= 4 is 16.2 Å². The first-order chi connectivity index (χ1) is 5.39. The van der Waals surface area contributed by atoms with Crippen LogP contribution in [-0.4, -0.2) is 35.3 Å². The van der Waals surface area contributed by atoms with E-state index in [1.54, 1.807) is 6.92 Å². The van der Waals surface area contributed by atoms with Crippen LogP contribution in [0, 0.1) is 0 Å². The largest absolute Gasteiger partial charge is 0.362 e. The van der Waals surface area contributed by atoms with Gasteiger partial charge in [0.05, 0.1) is 6.04 Å². The van der Waals surface area contributed by atoms with E-state index >= 15 is 0 Å². The van der Waals surface area contributed by atoms with Crippen molar-refractivity contribution in [2.45, 2.75) is 25.4 Å². The topological polar surface area (TPSA) is 101 Å². The molecule has 0 aromatic heterocycles. The second-order valence-electron chi connectivity index (χ2n) is 2.61. The highest BCUT2D eigenvalue weighted by atomic mass is 32.2. The van der Waals surface area contributed by atoms with Gasteiger partial charge in [0, 0.05) is 0 Å². The van der Waals surface area contributed by atoms with Crippen molar-refractivity contribution in [1.29, 1.82) is 0 Å². The van der Waals surface area contributed by atoms with Gasteiger partial charge in [0.15, 0.2) is 0 Å². The summed E-state index contributed by atoms with van der Waals surface area (Å²) in [4.78, 5) is 10.8. The van der Waals surface area contributed by atoms with Crippen LogP contribution in [0.4, 0.5) is 0 Å². The summed E-state index contributed by atoms with van der Waals surface area (Å²) in [5, 5.41) is 0. The first kappa shape index (κ1) is 9.43. The van der Waals surface area contributed by atoms with E-state index in [-0.39, 0.29) is 0 Å². The predicted molar refractivity (Wildman–Crippen MR) is 40.4 cm³/mol. The van der Waals surface area contributed by atoms with Crippen molar-refractivity contribution in [3.8, 4) is 0 Å². The number of amides is 1. The summed E-state index contributed by atoms with van der Waals surface area (Å²) in [7, 11) is -4.41. The van der Waals surface area contributed by atoms with Gasteiger partial charge in [-0.05, 0) is 6.42 Å². The molecule has 1 saturated heterocycles. The lowest BCUT2D eigenvalue weighted by Crippen LogP contribution is -2.69. The fourth-order valence-corrected chi connectivity index (χ4v) is 2.21. The zero-order chi connectivity index (χ0) is 9.52. The van der Waals surface area contributed by atoms with E-state index in [0.717, 1.165) is 0 Å². The molecule has 1 rings (SSSR count). The molecular formula is C5H10N2O4S. The first-order valence-corrected chi connectivity index (χ1v) is 4.85. The van der Waals surface area contributed by atoms with E-state index in [9.17, 15) is 13.2 Å². The van der Waals surface area contributed by atoms with E-state index in [1.165, 1.54) is 0 Å². The number of β-lactam (4-membered cyclic amide) rings is 1. The average molecular weight is 194 g/mol. The molecule has 12 heavy (non-hydrogen) atoms.